The fourth-order valence-corrected chi connectivity index (χ4v) is 4.54. The molecule has 0 spiro atoms. The topological polar surface area (TPSA) is 102 Å². The Hall–Kier alpha value is -3.46. The van der Waals surface area contributed by atoms with E-state index in [2.05, 4.69) is 56.8 Å². The van der Waals surface area contributed by atoms with Crippen molar-refractivity contribution >= 4 is 17.2 Å². The molecule has 32 heavy (non-hydrogen) atoms. The van der Waals surface area contributed by atoms with Crippen molar-refractivity contribution < 1.29 is 4.79 Å². The minimum absolute atomic E-state index is 0.0149. The maximum Gasteiger partial charge on any atom is 0.251 e. The lowest BCUT2D eigenvalue weighted by Gasteiger charge is -2.08. The molecule has 5 rings (SSSR count). The first kappa shape index (κ1) is 20.4. The third-order valence-electron chi connectivity index (χ3n) is 5.37. The van der Waals surface area contributed by atoms with Crippen LogP contribution >= 0.6 is 11.3 Å². The molecule has 1 N–H and O–H groups in total. The van der Waals surface area contributed by atoms with Crippen LogP contribution in [0.4, 0.5) is 0 Å². The molecule has 162 valence electrons. The van der Waals surface area contributed by atoms with Crippen molar-refractivity contribution in [1.29, 1.82) is 0 Å². The fourth-order valence-electron chi connectivity index (χ4n) is 3.54. The molecule has 1 amide bonds. The number of H-pyrrole nitrogens is 1. The first-order valence-corrected chi connectivity index (χ1v) is 11.6. The lowest BCUT2D eigenvalue weighted by Crippen LogP contribution is -2.19. The highest BCUT2D eigenvalue weighted by Gasteiger charge is 2.29. The van der Waals surface area contributed by atoms with E-state index in [1.54, 1.807) is 0 Å². The van der Waals surface area contributed by atoms with E-state index in [4.69, 9.17) is 5.10 Å². The van der Waals surface area contributed by atoms with Crippen LogP contribution in [0.5, 0.6) is 0 Å². The van der Waals surface area contributed by atoms with Gasteiger partial charge >= 0.3 is 0 Å². The summed E-state index contributed by atoms with van der Waals surface area (Å²) < 4.78 is 1.86. The van der Waals surface area contributed by atoms with Gasteiger partial charge in [0.25, 0.3) is 5.91 Å². The Bertz CT molecular complexity index is 1280. The molecule has 0 bridgehead atoms. The maximum atomic E-state index is 12.3. The number of carbonyl (C=O) groups excluding carboxylic acids is 1. The molecule has 2 heterocycles. The SMILES string of the molecule is CCCc1nn(Cc2ccc(-c3ccccc3-c3nn[nH]n3)cc2)c(=NC(=O)C2CC2)s1. The Morgan fingerprint density at radius 2 is 1.94 bits per heavy atom. The molecular weight excluding hydrogens is 422 g/mol. The van der Waals surface area contributed by atoms with Crippen LogP contribution in [-0.2, 0) is 17.8 Å². The van der Waals surface area contributed by atoms with E-state index in [0.717, 1.165) is 52.9 Å². The molecule has 9 heteroatoms. The molecule has 1 saturated carbocycles. The Labute approximate surface area is 189 Å². The Balaban J connectivity index is 1.42. The van der Waals surface area contributed by atoms with Gasteiger partial charge < -0.3 is 0 Å². The summed E-state index contributed by atoms with van der Waals surface area (Å²) in [5, 5.41) is 20.2. The molecule has 2 aromatic carbocycles. The maximum absolute atomic E-state index is 12.3. The molecule has 8 nitrogen and oxygen atoms in total. The van der Waals surface area contributed by atoms with Crippen molar-refractivity contribution in [1.82, 2.24) is 30.4 Å². The molecule has 0 saturated heterocycles. The average Bonchev–Trinajstić information content (AvgIpc) is 3.40. The number of nitrogens with zero attached hydrogens (tertiary/aromatic N) is 6. The van der Waals surface area contributed by atoms with Gasteiger partial charge in [-0.15, -0.1) is 10.2 Å². The predicted molar refractivity (Wildman–Crippen MR) is 122 cm³/mol. The van der Waals surface area contributed by atoms with E-state index in [9.17, 15) is 4.79 Å². The van der Waals surface area contributed by atoms with Crippen molar-refractivity contribution in [2.45, 2.75) is 39.2 Å². The molecule has 0 radical (unpaired) electrons. The van der Waals surface area contributed by atoms with E-state index < -0.39 is 0 Å². The number of amides is 1. The molecule has 2 aromatic heterocycles. The fraction of sp³-hybridized carbons (Fsp3) is 0.304. The van der Waals surface area contributed by atoms with Crippen LogP contribution in [0.2, 0.25) is 0 Å². The lowest BCUT2D eigenvalue weighted by molar-refractivity contribution is -0.119. The van der Waals surface area contributed by atoms with Crippen LogP contribution in [0.3, 0.4) is 0 Å². The number of aromatic nitrogens is 6. The second-order valence-electron chi connectivity index (χ2n) is 7.89. The number of tetrazole rings is 1. The molecule has 1 fully saturated rings. The van der Waals surface area contributed by atoms with Gasteiger partial charge in [0.05, 0.1) is 6.54 Å². The van der Waals surface area contributed by atoms with Gasteiger partial charge in [0.15, 0.2) is 0 Å². The first-order chi connectivity index (χ1) is 15.7. The highest BCUT2D eigenvalue weighted by atomic mass is 32.1. The van der Waals surface area contributed by atoms with Gasteiger partial charge in [-0.2, -0.15) is 15.3 Å². The number of hydrogen-bond acceptors (Lipinski definition) is 6. The second-order valence-corrected chi connectivity index (χ2v) is 8.93. The van der Waals surface area contributed by atoms with Gasteiger partial charge in [0, 0.05) is 17.9 Å². The second kappa shape index (κ2) is 8.96. The van der Waals surface area contributed by atoms with Crippen LogP contribution in [0.15, 0.2) is 53.5 Å². The van der Waals surface area contributed by atoms with E-state index in [1.807, 2.05) is 28.9 Å². The number of benzene rings is 2. The van der Waals surface area contributed by atoms with Crippen LogP contribution in [0.1, 0.15) is 36.8 Å². The first-order valence-electron chi connectivity index (χ1n) is 10.8. The zero-order valence-electron chi connectivity index (χ0n) is 17.7. The monoisotopic (exact) mass is 445 g/mol. The standard InChI is InChI=1S/C23H23N7OS/c1-2-5-20-27-30(23(32-20)24-22(31)17-12-13-17)14-15-8-10-16(11-9-15)18-6-3-4-7-19(18)21-25-28-29-26-21/h3-4,6-11,17H,2,5,12-14H2,1H3,(H,25,26,28,29). The number of aryl methyl sites for hydroxylation is 1. The Morgan fingerprint density at radius 1 is 1.16 bits per heavy atom. The number of carbonyl (C=O) groups is 1. The van der Waals surface area contributed by atoms with Gasteiger partial charge in [0.2, 0.25) is 10.6 Å². The lowest BCUT2D eigenvalue weighted by atomic mass is 9.98. The quantitative estimate of drug-likeness (QED) is 0.468. The highest BCUT2D eigenvalue weighted by molar-refractivity contribution is 7.08. The van der Waals surface area contributed by atoms with Crippen LogP contribution < -0.4 is 4.80 Å². The van der Waals surface area contributed by atoms with Gasteiger partial charge in [0.1, 0.15) is 5.01 Å². The van der Waals surface area contributed by atoms with E-state index >= 15 is 0 Å². The Morgan fingerprint density at radius 3 is 2.62 bits per heavy atom. The van der Waals surface area contributed by atoms with Crippen molar-refractivity contribution in [3.63, 3.8) is 0 Å². The molecule has 0 aliphatic heterocycles. The molecule has 4 aromatic rings. The van der Waals surface area contributed by atoms with Crippen molar-refractivity contribution in [3.8, 4) is 22.5 Å². The van der Waals surface area contributed by atoms with E-state index in [-0.39, 0.29) is 11.8 Å². The molecular formula is C23H23N7OS. The Kier molecular flexibility index (Phi) is 5.72. The van der Waals surface area contributed by atoms with Gasteiger partial charge in [-0.3, -0.25) is 4.79 Å². The third-order valence-corrected chi connectivity index (χ3v) is 6.38. The number of aromatic amines is 1. The summed E-state index contributed by atoms with van der Waals surface area (Å²) in [5.41, 5.74) is 4.13. The largest absolute Gasteiger partial charge is 0.272 e. The highest BCUT2D eigenvalue weighted by Crippen LogP contribution is 2.30. The van der Waals surface area contributed by atoms with Crippen LogP contribution in [0, 0.1) is 5.92 Å². The summed E-state index contributed by atoms with van der Waals surface area (Å²) in [6.07, 6.45) is 3.81. The average molecular weight is 446 g/mol. The summed E-state index contributed by atoms with van der Waals surface area (Å²) in [6, 6.07) is 16.3. The normalized spacial score (nSPS) is 14.1. The molecule has 1 aliphatic rings. The van der Waals surface area contributed by atoms with Crippen LogP contribution in [0.25, 0.3) is 22.5 Å². The third kappa shape index (κ3) is 4.43. The number of nitrogens with one attached hydrogen (secondary N) is 1. The molecule has 0 unspecified atom stereocenters. The van der Waals surface area contributed by atoms with Gasteiger partial charge in [-0.1, -0.05) is 66.8 Å². The summed E-state index contributed by atoms with van der Waals surface area (Å²) >= 11 is 1.52. The zero-order chi connectivity index (χ0) is 21.9. The zero-order valence-corrected chi connectivity index (χ0v) is 18.5. The van der Waals surface area contributed by atoms with Crippen molar-refractivity contribution in [2.75, 3.05) is 0 Å². The molecule has 0 atom stereocenters. The number of hydrogen-bond donors (Lipinski definition) is 1. The van der Waals surface area contributed by atoms with E-state index in [0.29, 0.717) is 17.2 Å². The minimum atomic E-state index is -0.0149. The van der Waals surface area contributed by atoms with Crippen molar-refractivity contribution in [2.24, 2.45) is 10.9 Å². The summed E-state index contributed by atoms with van der Waals surface area (Å²) in [4.78, 5) is 17.3. The van der Waals surface area contributed by atoms with Gasteiger partial charge in [-0.05, 0) is 41.2 Å². The number of rotatable bonds is 7. The smallest absolute Gasteiger partial charge is 0.251 e. The van der Waals surface area contributed by atoms with Gasteiger partial charge in [-0.25, -0.2) is 4.68 Å². The molecule has 1 aliphatic carbocycles. The summed E-state index contributed by atoms with van der Waals surface area (Å²) in [7, 11) is 0. The summed E-state index contributed by atoms with van der Waals surface area (Å²) in [5.74, 6) is 0.662. The van der Waals surface area contributed by atoms with Crippen molar-refractivity contribution in [3.05, 3.63) is 63.9 Å². The minimum Gasteiger partial charge on any atom is -0.272 e. The summed E-state index contributed by atoms with van der Waals surface area (Å²) in [6.45, 7) is 2.70. The predicted octanol–water partition coefficient (Wildman–Crippen LogP) is 3.63. The van der Waals surface area contributed by atoms with Crippen LogP contribution in [-0.4, -0.2) is 36.3 Å². The van der Waals surface area contributed by atoms with E-state index in [1.165, 1.54) is 11.3 Å².